The van der Waals surface area contributed by atoms with Gasteiger partial charge < -0.3 is 14.0 Å². The number of hydrogen-bond donors (Lipinski definition) is 0. The van der Waals surface area contributed by atoms with Gasteiger partial charge in [-0.25, -0.2) is 4.79 Å². The van der Waals surface area contributed by atoms with Gasteiger partial charge in [-0.05, 0) is 55.7 Å². The first-order chi connectivity index (χ1) is 14.0. The van der Waals surface area contributed by atoms with E-state index in [0.29, 0.717) is 11.1 Å². The van der Waals surface area contributed by atoms with Gasteiger partial charge in [-0.1, -0.05) is 30.3 Å². The number of nitrogens with zero attached hydrogens (tertiary/aromatic N) is 1. The van der Waals surface area contributed by atoms with Crippen molar-refractivity contribution in [2.45, 2.75) is 39.3 Å². The smallest absolute Gasteiger partial charge is 0.338 e. The van der Waals surface area contributed by atoms with E-state index in [4.69, 9.17) is 9.47 Å². The Morgan fingerprint density at radius 3 is 2.66 bits per heavy atom. The zero-order valence-electron chi connectivity index (χ0n) is 16.8. The molecule has 5 nitrogen and oxygen atoms in total. The SMILES string of the molecule is Cc1cc(C(=O)COC(=O)c2ccc3ccccc3c2)c(C)n1C[C@H]1CCCO1. The monoisotopic (exact) mass is 391 g/mol. The van der Waals surface area contributed by atoms with Gasteiger partial charge in [0.05, 0.1) is 11.7 Å². The summed E-state index contributed by atoms with van der Waals surface area (Å²) in [5.74, 6) is -0.678. The van der Waals surface area contributed by atoms with E-state index in [1.807, 2.05) is 50.2 Å². The Morgan fingerprint density at radius 2 is 1.90 bits per heavy atom. The topological polar surface area (TPSA) is 57.5 Å². The third kappa shape index (κ3) is 4.10. The van der Waals surface area contributed by atoms with Crippen LogP contribution in [-0.4, -0.2) is 35.6 Å². The van der Waals surface area contributed by atoms with Crippen LogP contribution in [0.2, 0.25) is 0 Å². The lowest BCUT2D eigenvalue weighted by Gasteiger charge is -2.14. The third-order valence-electron chi connectivity index (χ3n) is 5.60. The van der Waals surface area contributed by atoms with E-state index in [0.717, 1.165) is 48.2 Å². The van der Waals surface area contributed by atoms with Crippen LogP contribution in [0.25, 0.3) is 10.8 Å². The van der Waals surface area contributed by atoms with Gasteiger partial charge in [0.15, 0.2) is 6.61 Å². The standard InChI is InChI=1S/C24H25NO4/c1-16-12-22(17(2)25(16)14-21-8-5-11-28-21)23(26)15-29-24(27)20-10-9-18-6-3-4-7-19(18)13-20/h3-4,6-7,9-10,12-13,21H,5,8,11,14-15H2,1-2H3/t21-/m1/s1. The van der Waals surface area contributed by atoms with Crippen molar-refractivity contribution in [3.05, 3.63) is 71.0 Å². The molecule has 2 aromatic carbocycles. The predicted octanol–water partition coefficient (Wildman–Crippen LogP) is 4.48. The van der Waals surface area contributed by atoms with Crippen molar-refractivity contribution >= 4 is 22.5 Å². The zero-order valence-corrected chi connectivity index (χ0v) is 16.8. The van der Waals surface area contributed by atoms with Gasteiger partial charge in [0.25, 0.3) is 0 Å². The lowest BCUT2D eigenvalue weighted by Crippen LogP contribution is -2.18. The molecule has 0 N–H and O–H groups in total. The molecule has 1 atom stereocenters. The molecule has 1 saturated heterocycles. The molecule has 0 amide bonds. The molecule has 0 bridgehead atoms. The van der Waals surface area contributed by atoms with Crippen LogP contribution in [0.1, 0.15) is 44.9 Å². The molecule has 5 heteroatoms. The second kappa shape index (κ2) is 8.21. The van der Waals surface area contributed by atoms with Crippen molar-refractivity contribution in [3.63, 3.8) is 0 Å². The molecular weight excluding hydrogens is 366 g/mol. The molecule has 0 spiro atoms. The fourth-order valence-electron chi connectivity index (χ4n) is 3.96. The number of Topliss-reactive ketones (excluding diaryl/α,β-unsaturated/α-hetero) is 1. The number of esters is 1. The molecule has 0 unspecified atom stereocenters. The first-order valence-electron chi connectivity index (χ1n) is 10.0. The molecule has 4 rings (SSSR count). The zero-order chi connectivity index (χ0) is 20.4. The fourth-order valence-corrected chi connectivity index (χ4v) is 3.96. The van der Waals surface area contributed by atoms with Crippen LogP contribution in [0.5, 0.6) is 0 Å². The number of ether oxygens (including phenoxy) is 2. The number of benzene rings is 2. The van der Waals surface area contributed by atoms with E-state index in [9.17, 15) is 9.59 Å². The summed E-state index contributed by atoms with van der Waals surface area (Å²) in [6.45, 7) is 5.21. The number of rotatable bonds is 6. The fraction of sp³-hybridized carbons (Fsp3) is 0.333. The van der Waals surface area contributed by atoms with Gasteiger partial charge in [0, 0.05) is 30.1 Å². The Labute approximate surface area is 170 Å². The first-order valence-corrected chi connectivity index (χ1v) is 10.0. The van der Waals surface area contributed by atoms with Gasteiger partial charge in [-0.3, -0.25) is 4.79 Å². The van der Waals surface area contributed by atoms with Crippen molar-refractivity contribution < 1.29 is 19.1 Å². The van der Waals surface area contributed by atoms with E-state index in [1.165, 1.54) is 0 Å². The van der Waals surface area contributed by atoms with Crippen molar-refractivity contribution in [2.24, 2.45) is 0 Å². The van der Waals surface area contributed by atoms with Crippen LogP contribution in [-0.2, 0) is 16.0 Å². The minimum absolute atomic E-state index is 0.189. The van der Waals surface area contributed by atoms with E-state index >= 15 is 0 Å². The van der Waals surface area contributed by atoms with Crippen LogP contribution < -0.4 is 0 Å². The van der Waals surface area contributed by atoms with Crippen LogP contribution in [0.15, 0.2) is 48.5 Å². The average Bonchev–Trinajstić information content (AvgIpc) is 3.35. The first kappa shape index (κ1) is 19.4. The number of aryl methyl sites for hydroxylation is 1. The second-order valence-electron chi connectivity index (χ2n) is 7.59. The Bertz CT molecular complexity index is 1060. The van der Waals surface area contributed by atoms with Crippen molar-refractivity contribution in [2.75, 3.05) is 13.2 Å². The van der Waals surface area contributed by atoms with Crippen molar-refractivity contribution in [1.82, 2.24) is 4.57 Å². The highest BCUT2D eigenvalue weighted by atomic mass is 16.5. The normalized spacial score (nSPS) is 16.3. The van der Waals surface area contributed by atoms with Gasteiger partial charge in [0.2, 0.25) is 5.78 Å². The second-order valence-corrected chi connectivity index (χ2v) is 7.59. The number of ketones is 1. The molecule has 0 aliphatic carbocycles. The summed E-state index contributed by atoms with van der Waals surface area (Å²) in [7, 11) is 0. The summed E-state index contributed by atoms with van der Waals surface area (Å²) in [5, 5.41) is 2.02. The molecule has 0 radical (unpaired) electrons. The van der Waals surface area contributed by atoms with Gasteiger partial charge in [-0.15, -0.1) is 0 Å². The van der Waals surface area contributed by atoms with Crippen LogP contribution in [0.3, 0.4) is 0 Å². The molecule has 0 saturated carbocycles. The molecule has 1 aromatic heterocycles. The predicted molar refractivity (Wildman–Crippen MR) is 111 cm³/mol. The summed E-state index contributed by atoms with van der Waals surface area (Å²) in [5.41, 5.74) is 2.96. The molecule has 3 aromatic rings. The summed E-state index contributed by atoms with van der Waals surface area (Å²) >= 11 is 0. The van der Waals surface area contributed by atoms with E-state index < -0.39 is 5.97 Å². The minimum Gasteiger partial charge on any atom is -0.454 e. The van der Waals surface area contributed by atoms with E-state index in [2.05, 4.69) is 4.57 Å². The highest BCUT2D eigenvalue weighted by Crippen LogP contribution is 2.21. The maximum absolute atomic E-state index is 12.7. The number of aromatic nitrogens is 1. The molecule has 1 aliphatic rings. The maximum atomic E-state index is 12.7. The van der Waals surface area contributed by atoms with Gasteiger partial charge >= 0.3 is 5.97 Å². The highest BCUT2D eigenvalue weighted by molar-refractivity contribution is 6.01. The van der Waals surface area contributed by atoms with Crippen molar-refractivity contribution in [1.29, 1.82) is 0 Å². The largest absolute Gasteiger partial charge is 0.454 e. The molecule has 1 fully saturated rings. The number of carbonyl (C=O) groups is 2. The van der Waals surface area contributed by atoms with Crippen molar-refractivity contribution in [3.8, 4) is 0 Å². The number of hydrogen-bond acceptors (Lipinski definition) is 4. The molecule has 1 aliphatic heterocycles. The summed E-state index contributed by atoms with van der Waals surface area (Å²) in [6, 6.07) is 15.1. The summed E-state index contributed by atoms with van der Waals surface area (Å²) in [6.07, 6.45) is 2.33. The lowest BCUT2D eigenvalue weighted by atomic mass is 10.1. The van der Waals surface area contributed by atoms with Crippen LogP contribution >= 0.6 is 0 Å². The average molecular weight is 391 g/mol. The molecule has 150 valence electrons. The Hall–Kier alpha value is -2.92. The summed E-state index contributed by atoms with van der Waals surface area (Å²) in [4.78, 5) is 25.1. The number of fused-ring (bicyclic) bond motifs is 1. The Kier molecular flexibility index (Phi) is 5.49. The number of carbonyl (C=O) groups excluding carboxylic acids is 2. The Morgan fingerprint density at radius 1 is 1.10 bits per heavy atom. The summed E-state index contributed by atoms with van der Waals surface area (Å²) < 4.78 is 13.1. The Balaban J connectivity index is 1.43. The maximum Gasteiger partial charge on any atom is 0.338 e. The lowest BCUT2D eigenvalue weighted by molar-refractivity contribution is 0.0474. The van der Waals surface area contributed by atoms with Gasteiger partial charge in [0.1, 0.15) is 0 Å². The van der Waals surface area contributed by atoms with E-state index in [-0.39, 0.29) is 18.5 Å². The minimum atomic E-state index is -0.489. The molecule has 2 heterocycles. The highest BCUT2D eigenvalue weighted by Gasteiger charge is 2.22. The van der Waals surface area contributed by atoms with Crippen LogP contribution in [0.4, 0.5) is 0 Å². The van der Waals surface area contributed by atoms with Crippen LogP contribution in [0, 0.1) is 13.8 Å². The van der Waals surface area contributed by atoms with Gasteiger partial charge in [-0.2, -0.15) is 0 Å². The molecular formula is C24H25NO4. The quantitative estimate of drug-likeness (QED) is 0.459. The third-order valence-corrected chi connectivity index (χ3v) is 5.60. The molecule has 29 heavy (non-hydrogen) atoms. The van der Waals surface area contributed by atoms with E-state index in [1.54, 1.807) is 12.1 Å².